The first-order chi connectivity index (χ1) is 11.0. The topological polar surface area (TPSA) is 58.2 Å². The highest BCUT2D eigenvalue weighted by atomic mass is 79.9. The average Bonchev–Trinajstić information content (AvgIpc) is 2.54. The molecule has 0 aliphatic rings. The van der Waals surface area contributed by atoms with Gasteiger partial charge < -0.3 is 10.6 Å². The molecule has 1 aromatic rings. The van der Waals surface area contributed by atoms with E-state index in [1.54, 1.807) is 0 Å². The zero-order valence-electron chi connectivity index (χ0n) is 14.2. The van der Waals surface area contributed by atoms with Gasteiger partial charge >= 0.3 is 0 Å². The molecule has 0 aromatic heterocycles. The zero-order chi connectivity index (χ0) is 17.2. The molecule has 0 spiro atoms. The second-order valence-corrected chi connectivity index (χ2v) is 6.88. The van der Waals surface area contributed by atoms with Crippen LogP contribution in [-0.4, -0.2) is 23.2 Å². The molecule has 0 aliphatic heterocycles. The Hall–Kier alpha value is -1.36. The molecule has 4 nitrogen and oxygen atoms in total. The molecule has 1 rings (SSSR count). The van der Waals surface area contributed by atoms with E-state index in [2.05, 4.69) is 40.4 Å². The lowest BCUT2D eigenvalue weighted by Gasteiger charge is -2.11. The highest BCUT2D eigenvalue weighted by Gasteiger charge is 2.13. The van der Waals surface area contributed by atoms with Crippen LogP contribution in [0.15, 0.2) is 24.3 Å². The third-order valence-electron chi connectivity index (χ3n) is 3.85. The average molecular weight is 383 g/mol. The summed E-state index contributed by atoms with van der Waals surface area (Å²) in [4.78, 5) is 23.4. The molecule has 23 heavy (non-hydrogen) atoms. The van der Waals surface area contributed by atoms with Crippen molar-refractivity contribution in [2.24, 2.45) is 0 Å². The fourth-order valence-corrected chi connectivity index (χ4v) is 2.77. The minimum Gasteiger partial charge on any atom is -0.355 e. The van der Waals surface area contributed by atoms with E-state index >= 15 is 0 Å². The molecule has 0 unspecified atom stereocenters. The van der Waals surface area contributed by atoms with E-state index in [1.165, 1.54) is 5.56 Å². The van der Waals surface area contributed by atoms with E-state index in [9.17, 15) is 9.59 Å². The van der Waals surface area contributed by atoms with Gasteiger partial charge in [-0.3, -0.25) is 9.59 Å². The maximum atomic E-state index is 11.9. The van der Waals surface area contributed by atoms with Crippen molar-refractivity contribution < 1.29 is 9.59 Å². The monoisotopic (exact) mass is 382 g/mol. The first kappa shape index (κ1) is 19.7. The lowest BCUT2D eigenvalue weighted by Crippen LogP contribution is -2.33. The number of benzene rings is 1. The molecule has 0 saturated carbocycles. The van der Waals surface area contributed by atoms with Crippen LogP contribution in [0.5, 0.6) is 0 Å². The summed E-state index contributed by atoms with van der Waals surface area (Å²) < 4.78 is 0. The van der Waals surface area contributed by atoms with Crippen molar-refractivity contribution in [3.05, 3.63) is 29.8 Å². The van der Waals surface area contributed by atoms with Crippen LogP contribution in [0.1, 0.15) is 57.9 Å². The van der Waals surface area contributed by atoms with Crippen molar-refractivity contribution >= 4 is 33.4 Å². The predicted octanol–water partition coefficient (Wildman–Crippen LogP) is 4.21. The Morgan fingerprint density at radius 3 is 2.39 bits per heavy atom. The van der Waals surface area contributed by atoms with Gasteiger partial charge in [-0.15, -0.1) is 0 Å². The van der Waals surface area contributed by atoms with Gasteiger partial charge in [-0.05, 0) is 36.5 Å². The predicted molar refractivity (Wildman–Crippen MR) is 99.0 cm³/mol. The smallest absolute Gasteiger partial charge is 0.233 e. The van der Waals surface area contributed by atoms with Crippen molar-refractivity contribution in [3.8, 4) is 0 Å². The number of halogens is 1. The molecule has 0 bridgehead atoms. The van der Waals surface area contributed by atoms with Crippen molar-refractivity contribution in [1.82, 2.24) is 5.32 Å². The number of nitrogens with one attached hydrogen (secondary N) is 2. The summed E-state index contributed by atoms with van der Waals surface area (Å²) in [5.74, 6) is 0.371. The number of rotatable bonds is 9. The molecule has 0 radical (unpaired) electrons. The molecule has 0 heterocycles. The number of amides is 2. The van der Waals surface area contributed by atoms with E-state index < -0.39 is 0 Å². The Morgan fingerprint density at radius 2 is 1.83 bits per heavy atom. The van der Waals surface area contributed by atoms with Gasteiger partial charge in [-0.1, -0.05) is 55.3 Å². The Morgan fingerprint density at radius 1 is 1.17 bits per heavy atom. The Labute approximate surface area is 147 Å². The van der Waals surface area contributed by atoms with Crippen LogP contribution < -0.4 is 10.6 Å². The van der Waals surface area contributed by atoms with Crippen LogP contribution in [0.4, 0.5) is 5.69 Å². The SMILES string of the molecule is CCC[C@H](Br)C(=O)NCCC(=O)Nc1ccc([C@H](C)CC)cc1. The van der Waals surface area contributed by atoms with Gasteiger partial charge in [-0.25, -0.2) is 0 Å². The summed E-state index contributed by atoms with van der Waals surface area (Å²) in [5.41, 5.74) is 2.06. The fourth-order valence-electron chi connectivity index (χ4n) is 2.15. The summed E-state index contributed by atoms with van der Waals surface area (Å²) in [6.07, 6.45) is 3.10. The lowest BCUT2D eigenvalue weighted by atomic mass is 9.99. The van der Waals surface area contributed by atoms with Gasteiger partial charge in [-0.2, -0.15) is 0 Å². The van der Waals surface area contributed by atoms with Gasteiger partial charge in [0.15, 0.2) is 0 Å². The molecule has 5 heteroatoms. The number of hydrogen-bond donors (Lipinski definition) is 2. The maximum Gasteiger partial charge on any atom is 0.233 e. The first-order valence-electron chi connectivity index (χ1n) is 8.29. The van der Waals surface area contributed by atoms with Crippen molar-refractivity contribution in [1.29, 1.82) is 0 Å². The van der Waals surface area contributed by atoms with Crippen LogP contribution in [0.25, 0.3) is 0 Å². The normalized spacial score (nSPS) is 13.2. The van der Waals surface area contributed by atoms with Crippen molar-refractivity contribution in [3.63, 3.8) is 0 Å². The second-order valence-electron chi connectivity index (χ2n) is 5.78. The molecule has 2 atom stereocenters. The zero-order valence-corrected chi connectivity index (χ0v) is 15.8. The van der Waals surface area contributed by atoms with Gasteiger partial charge in [0, 0.05) is 18.7 Å². The van der Waals surface area contributed by atoms with Gasteiger partial charge in [0.2, 0.25) is 11.8 Å². The molecule has 0 aliphatic carbocycles. The highest BCUT2D eigenvalue weighted by molar-refractivity contribution is 9.10. The molecule has 0 fully saturated rings. The quantitative estimate of drug-likeness (QED) is 0.628. The first-order valence-corrected chi connectivity index (χ1v) is 9.21. The van der Waals surface area contributed by atoms with E-state index in [0.29, 0.717) is 12.5 Å². The maximum absolute atomic E-state index is 11.9. The molecule has 128 valence electrons. The van der Waals surface area contributed by atoms with Crippen LogP contribution in [0, 0.1) is 0 Å². The summed E-state index contributed by atoms with van der Waals surface area (Å²) >= 11 is 3.34. The van der Waals surface area contributed by atoms with Crippen LogP contribution in [-0.2, 0) is 9.59 Å². The molecule has 0 saturated heterocycles. The fraction of sp³-hybridized carbons (Fsp3) is 0.556. The third kappa shape index (κ3) is 7.16. The second kappa shape index (κ2) is 10.4. The molecule has 2 amide bonds. The largest absolute Gasteiger partial charge is 0.355 e. The highest BCUT2D eigenvalue weighted by Crippen LogP contribution is 2.20. The summed E-state index contributed by atoms with van der Waals surface area (Å²) in [6, 6.07) is 7.94. The summed E-state index contributed by atoms with van der Waals surface area (Å²) in [7, 11) is 0. The van der Waals surface area contributed by atoms with Gasteiger partial charge in [0.05, 0.1) is 4.83 Å². The molecular formula is C18H27BrN2O2. The van der Waals surface area contributed by atoms with Crippen molar-refractivity contribution in [2.45, 2.75) is 57.2 Å². The number of anilines is 1. The molecule has 2 N–H and O–H groups in total. The van der Waals surface area contributed by atoms with Crippen LogP contribution in [0.3, 0.4) is 0 Å². The number of carbonyl (C=O) groups is 2. The van der Waals surface area contributed by atoms with E-state index in [-0.39, 0.29) is 23.1 Å². The summed E-state index contributed by atoms with van der Waals surface area (Å²) in [5, 5.41) is 5.62. The Balaban J connectivity index is 2.35. The van der Waals surface area contributed by atoms with Crippen LogP contribution >= 0.6 is 15.9 Å². The minimum absolute atomic E-state index is 0.0578. The van der Waals surface area contributed by atoms with Gasteiger partial charge in [0.25, 0.3) is 0 Å². The number of hydrogen-bond acceptors (Lipinski definition) is 2. The Kier molecular flexibility index (Phi) is 8.92. The molecule has 1 aromatic carbocycles. The molecular weight excluding hydrogens is 356 g/mol. The minimum atomic E-state index is -0.177. The standard InChI is InChI=1S/C18H27BrN2O2/c1-4-6-16(19)18(23)20-12-11-17(22)21-15-9-7-14(8-10-15)13(3)5-2/h7-10,13,16H,4-6,11-12H2,1-3H3,(H,20,23)(H,21,22)/t13-,16+/m1/s1. The van der Waals surface area contributed by atoms with E-state index in [1.807, 2.05) is 31.2 Å². The van der Waals surface area contributed by atoms with Crippen LogP contribution in [0.2, 0.25) is 0 Å². The van der Waals surface area contributed by atoms with E-state index in [4.69, 9.17) is 0 Å². The third-order valence-corrected chi connectivity index (χ3v) is 4.73. The van der Waals surface area contributed by atoms with Gasteiger partial charge in [0.1, 0.15) is 0 Å². The van der Waals surface area contributed by atoms with Crippen molar-refractivity contribution in [2.75, 3.05) is 11.9 Å². The Bertz CT molecular complexity index is 502. The number of alkyl halides is 1. The summed E-state index contributed by atoms with van der Waals surface area (Å²) in [6.45, 7) is 6.72. The van der Waals surface area contributed by atoms with E-state index in [0.717, 1.165) is 24.9 Å². The lowest BCUT2D eigenvalue weighted by molar-refractivity contribution is -0.120. The number of carbonyl (C=O) groups excluding carboxylic acids is 2.